The zero-order valence-corrected chi connectivity index (χ0v) is 13.9. The first kappa shape index (κ1) is 15.1. The summed E-state index contributed by atoms with van der Waals surface area (Å²) in [4.78, 5) is 0. The molecule has 0 bridgehead atoms. The Morgan fingerprint density at radius 3 is 2.68 bits per heavy atom. The third kappa shape index (κ3) is 3.31. The molecule has 22 heavy (non-hydrogen) atoms. The predicted octanol–water partition coefficient (Wildman–Crippen LogP) is 2.67. The van der Waals surface area contributed by atoms with Gasteiger partial charge in [0.1, 0.15) is 25.0 Å². The molecule has 1 aromatic heterocycles. The quantitative estimate of drug-likeness (QED) is 0.709. The number of fused-ring (bicyclic) bond motifs is 1. The Balaban J connectivity index is 1.65. The second-order valence-electron chi connectivity index (χ2n) is 5.29. The molecule has 1 N–H and O–H groups in total. The van der Waals surface area contributed by atoms with E-state index in [4.69, 9.17) is 4.74 Å². The molecule has 0 spiro atoms. The van der Waals surface area contributed by atoms with Gasteiger partial charge in [-0.1, -0.05) is 28.1 Å². The Labute approximate surface area is 137 Å². The van der Waals surface area contributed by atoms with Crippen molar-refractivity contribution in [2.45, 2.75) is 12.6 Å². The monoisotopic (exact) mass is 361 g/mol. The molecule has 5 heteroatoms. The molecule has 0 unspecified atom stereocenters. The summed E-state index contributed by atoms with van der Waals surface area (Å²) >= 11 is 3.38. The van der Waals surface area contributed by atoms with Crippen LogP contribution in [0.2, 0.25) is 0 Å². The molecule has 0 saturated carbocycles. The number of nitrogens with zero attached hydrogens (tertiary/aromatic N) is 2. The number of aromatic nitrogens is 2. The predicted molar refractivity (Wildman–Crippen MR) is 88.8 cm³/mol. The van der Waals surface area contributed by atoms with E-state index in [0.29, 0.717) is 6.54 Å². The van der Waals surface area contributed by atoms with Gasteiger partial charge in [-0.3, -0.25) is 0 Å². The van der Waals surface area contributed by atoms with Crippen LogP contribution in [0.5, 0.6) is 5.75 Å². The topological polar surface area (TPSA) is 38.3 Å². The van der Waals surface area contributed by atoms with Gasteiger partial charge in [-0.25, -0.2) is 9.13 Å². The number of aliphatic hydroxyl groups is 1. The van der Waals surface area contributed by atoms with E-state index < -0.39 is 6.10 Å². The van der Waals surface area contributed by atoms with Gasteiger partial charge in [-0.15, -0.1) is 0 Å². The zero-order valence-electron chi connectivity index (χ0n) is 12.3. The van der Waals surface area contributed by atoms with Crippen LogP contribution in [0, 0.1) is 0 Å². The molecule has 0 aliphatic carbocycles. The lowest BCUT2D eigenvalue weighted by Gasteiger charge is -2.11. The fraction of sp³-hybridized carbons (Fsp3) is 0.235. The number of imidazole rings is 1. The van der Waals surface area contributed by atoms with Gasteiger partial charge in [0.15, 0.2) is 11.0 Å². The third-order valence-corrected chi connectivity index (χ3v) is 4.08. The van der Waals surface area contributed by atoms with E-state index in [-0.39, 0.29) is 6.61 Å². The summed E-state index contributed by atoms with van der Waals surface area (Å²) in [6.07, 6.45) is 1.42. The van der Waals surface area contributed by atoms with Gasteiger partial charge in [-0.2, -0.15) is 0 Å². The molecule has 0 aliphatic heterocycles. The van der Waals surface area contributed by atoms with Gasteiger partial charge in [0.05, 0.1) is 7.05 Å². The molecule has 1 atom stereocenters. The molecular formula is C17H18BrN2O2+. The number of benzene rings is 2. The summed E-state index contributed by atoms with van der Waals surface area (Å²) in [6.45, 7) is 0.760. The minimum Gasteiger partial charge on any atom is -0.491 e. The Morgan fingerprint density at radius 2 is 1.91 bits per heavy atom. The standard InChI is InChI=1S/C17H18BrN2O2/c1-19-12-20(17-5-3-2-4-16(17)19)10-14(21)11-22-15-8-6-13(18)7-9-15/h2-9,12,14,21H,10-11H2,1H3/q+1/t14-/m0/s1. The fourth-order valence-electron chi connectivity index (χ4n) is 2.49. The van der Waals surface area contributed by atoms with Crippen molar-refractivity contribution in [2.75, 3.05) is 6.61 Å². The maximum absolute atomic E-state index is 10.2. The molecule has 0 saturated heterocycles. The minimum absolute atomic E-state index is 0.262. The van der Waals surface area contributed by atoms with E-state index in [2.05, 4.69) is 32.6 Å². The largest absolute Gasteiger partial charge is 0.491 e. The Morgan fingerprint density at radius 1 is 1.18 bits per heavy atom. The van der Waals surface area contributed by atoms with E-state index >= 15 is 0 Å². The van der Waals surface area contributed by atoms with Crippen LogP contribution in [0.25, 0.3) is 11.0 Å². The molecular weight excluding hydrogens is 344 g/mol. The summed E-state index contributed by atoms with van der Waals surface area (Å²) in [5, 5.41) is 10.2. The highest BCUT2D eigenvalue weighted by molar-refractivity contribution is 9.10. The fourth-order valence-corrected chi connectivity index (χ4v) is 2.75. The van der Waals surface area contributed by atoms with E-state index in [0.717, 1.165) is 21.3 Å². The van der Waals surface area contributed by atoms with Gasteiger partial charge in [0, 0.05) is 4.47 Å². The van der Waals surface area contributed by atoms with Gasteiger partial charge in [0.2, 0.25) is 6.33 Å². The molecule has 4 nitrogen and oxygen atoms in total. The van der Waals surface area contributed by atoms with E-state index in [1.54, 1.807) is 0 Å². The summed E-state index contributed by atoms with van der Waals surface area (Å²) in [6, 6.07) is 15.7. The molecule has 1 heterocycles. The van der Waals surface area contributed by atoms with Crippen LogP contribution in [0.3, 0.4) is 0 Å². The lowest BCUT2D eigenvalue weighted by Crippen LogP contribution is -2.27. The first-order valence-corrected chi connectivity index (χ1v) is 7.93. The van der Waals surface area contributed by atoms with E-state index in [9.17, 15) is 5.11 Å². The summed E-state index contributed by atoms with van der Waals surface area (Å²) in [5.74, 6) is 0.755. The third-order valence-electron chi connectivity index (χ3n) is 3.55. The molecule has 0 radical (unpaired) electrons. The van der Waals surface area contributed by atoms with Crippen LogP contribution in [0.15, 0.2) is 59.3 Å². The average molecular weight is 362 g/mol. The highest BCUT2D eigenvalue weighted by atomic mass is 79.9. The molecule has 114 valence electrons. The lowest BCUT2D eigenvalue weighted by molar-refractivity contribution is -0.645. The van der Waals surface area contributed by atoms with Gasteiger partial charge in [-0.05, 0) is 36.4 Å². The highest BCUT2D eigenvalue weighted by Gasteiger charge is 2.16. The molecule has 0 amide bonds. The maximum Gasteiger partial charge on any atom is 0.244 e. The molecule has 0 aliphatic rings. The molecule has 3 aromatic rings. The lowest BCUT2D eigenvalue weighted by atomic mass is 10.3. The van der Waals surface area contributed by atoms with Crippen LogP contribution >= 0.6 is 15.9 Å². The normalized spacial score (nSPS) is 12.5. The molecule has 0 fully saturated rings. The summed E-state index contributed by atoms with van der Waals surface area (Å²) in [7, 11) is 2.00. The Kier molecular flexibility index (Phi) is 4.45. The number of rotatable bonds is 5. The first-order chi connectivity index (χ1) is 10.6. The Hall–Kier alpha value is -1.85. The van der Waals surface area contributed by atoms with Gasteiger partial charge >= 0.3 is 0 Å². The number of halogens is 1. The minimum atomic E-state index is -0.570. The highest BCUT2D eigenvalue weighted by Crippen LogP contribution is 2.16. The second-order valence-corrected chi connectivity index (χ2v) is 6.20. The SMILES string of the molecule is C[n+]1cn(C[C@H](O)COc2ccc(Br)cc2)c2ccccc21. The number of hydrogen-bond donors (Lipinski definition) is 1. The van der Waals surface area contributed by atoms with Crippen LogP contribution in [-0.4, -0.2) is 22.4 Å². The van der Waals surface area contributed by atoms with Crippen LogP contribution in [0.4, 0.5) is 0 Å². The molecule has 2 aromatic carbocycles. The number of aryl methyl sites for hydroxylation is 1. The van der Waals surface area contributed by atoms with Crippen molar-refractivity contribution in [3.63, 3.8) is 0 Å². The van der Waals surface area contributed by atoms with Gasteiger partial charge < -0.3 is 9.84 Å². The van der Waals surface area contributed by atoms with Crippen molar-refractivity contribution >= 4 is 27.0 Å². The number of aliphatic hydroxyl groups excluding tert-OH is 1. The van der Waals surface area contributed by atoms with Crippen LogP contribution in [-0.2, 0) is 13.6 Å². The van der Waals surface area contributed by atoms with Crippen molar-refractivity contribution in [3.05, 3.63) is 59.3 Å². The summed E-state index contributed by atoms with van der Waals surface area (Å²) in [5.41, 5.74) is 2.25. The van der Waals surface area contributed by atoms with Crippen molar-refractivity contribution in [2.24, 2.45) is 7.05 Å². The Bertz CT molecular complexity index is 768. The van der Waals surface area contributed by atoms with Gasteiger partial charge in [0.25, 0.3) is 0 Å². The van der Waals surface area contributed by atoms with E-state index in [1.807, 2.05) is 54.3 Å². The summed E-state index contributed by atoms with van der Waals surface area (Å²) < 4.78 is 10.7. The number of ether oxygens (including phenoxy) is 1. The molecule has 3 rings (SSSR count). The van der Waals surface area contributed by atoms with Crippen molar-refractivity contribution < 1.29 is 14.4 Å². The second kappa shape index (κ2) is 6.50. The number of hydrogen-bond acceptors (Lipinski definition) is 2. The average Bonchev–Trinajstić information content (AvgIpc) is 2.83. The van der Waals surface area contributed by atoms with E-state index in [1.165, 1.54) is 0 Å². The first-order valence-electron chi connectivity index (χ1n) is 7.13. The smallest absolute Gasteiger partial charge is 0.244 e. The van der Waals surface area contributed by atoms with Crippen molar-refractivity contribution in [3.8, 4) is 5.75 Å². The van der Waals surface area contributed by atoms with Crippen LogP contribution < -0.4 is 9.30 Å². The maximum atomic E-state index is 10.2. The van der Waals surface area contributed by atoms with Crippen molar-refractivity contribution in [1.29, 1.82) is 0 Å². The number of para-hydroxylation sites is 2. The van der Waals surface area contributed by atoms with Crippen LogP contribution in [0.1, 0.15) is 0 Å². The zero-order chi connectivity index (χ0) is 15.5. The van der Waals surface area contributed by atoms with Crippen molar-refractivity contribution in [1.82, 2.24) is 4.57 Å².